The molecule has 0 aromatic heterocycles. The van der Waals surface area contributed by atoms with Crippen LogP contribution in [-0.4, -0.2) is 29.7 Å². The van der Waals surface area contributed by atoms with Crippen LogP contribution in [-0.2, 0) is 9.53 Å². The SMILES string of the molecule is CC(C)(C)OC(=O)NC1CC(=O)CC(C(F)(F)F)C1. The number of rotatable bonds is 1. The molecule has 1 aliphatic carbocycles. The third kappa shape index (κ3) is 5.48. The Bertz CT molecular complexity index is 360. The fraction of sp³-hybridized carbons (Fsp3) is 0.833. The zero-order chi connectivity index (χ0) is 14.8. The van der Waals surface area contributed by atoms with E-state index in [9.17, 15) is 22.8 Å². The molecule has 1 fully saturated rings. The highest BCUT2D eigenvalue weighted by Gasteiger charge is 2.45. The number of carbonyl (C=O) groups is 2. The summed E-state index contributed by atoms with van der Waals surface area (Å²) in [5.74, 6) is -2.18. The minimum atomic E-state index is -4.41. The third-order valence-electron chi connectivity index (χ3n) is 2.70. The largest absolute Gasteiger partial charge is 0.444 e. The van der Waals surface area contributed by atoms with Gasteiger partial charge in [0.25, 0.3) is 0 Å². The standard InChI is InChI=1S/C12H18F3NO3/c1-11(2,3)19-10(18)16-8-4-7(12(13,14)15)5-9(17)6-8/h7-8H,4-6H2,1-3H3,(H,16,18). The van der Waals surface area contributed by atoms with Crippen LogP contribution in [0.3, 0.4) is 0 Å². The summed E-state index contributed by atoms with van der Waals surface area (Å²) in [5.41, 5.74) is -0.730. The maximum Gasteiger partial charge on any atom is 0.407 e. The van der Waals surface area contributed by atoms with Gasteiger partial charge in [-0.05, 0) is 27.2 Å². The Hall–Kier alpha value is -1.27. The molecule has 0 aliphatic heterocycles. The van der Waals surface area contributed by atoms with Crippen molar-refractivity contribution in [3.63, 3.8) is 0 Å². The highest BCUT2D eigenvalue weighted by molar-refractivity contribution is 5.81. The first-order chi connectivity index (χ1) is 8.47. The molecule has 0 heterocycles. The molecule has 0 radical (unpaired) electrons. The van der Waals surface area contributed by atoms with Gasteiger partial charge < -0.3 is 10.1 Å². The van der Waals surface area contributed by atoms with Crippen LogP contribution in [0.25, 0.3) is 0 Å². The van der Waals surface area contributed by atoms with E-state index in [4.69, 9.17) is 4.74 Å². The Labute approximate surface area is 109 Å². The van der Waals surface area contributed by atoms with E-state index in [2.05, 4.69) is 5.32 Å². The van der Waals surface area contributed by atoms with E-state index >= 15 is 0 Å². The van der Waals surface area contributed by atoms with Crippen molar-refractivity contribution in [3.8, 4) is 0 Å². The molecular formula is C12H18F3NO3. The number of alkyl halides is 3. The van der Waals surface area contributed by atoms with Crippen LogP contribution < -0.4 is 5.32 Å². The minimum absolute atomic E-state index is 0.0776. The average molecular weight is 281 g/mol. The molecule has 0 aromatic carbocycles. The van der Waals surface area contributed by atoms with Gasteiger partial charge in [0, 0.05) is 18.9 Å². The summed E-state index contributed by atoms with van der Waals surface area (Å²) in [4.78, 5) is 22.8. The molecule has 7 heteroatoms. The molecule has 0 bridgehead atoms. The predicted molar refractivity (Wildman–Crippen MR) is 61.6 cm³/mol. The summed E-state index contributed by atoms with van der Waals surface area (Å²) in [6, 6.07) is -0.817. The molecule has 1 saturated carbocycles. The van der Waals surface area contributed by atoms with Crippen molar-refractivity contribution in [1.82, 2.24) is 5.32 Å². The van der Waals surface area contributed by atoms with E-state index in [-0.39, 0.29) is 12.8 Å². The zero-order valence-electron chi connectivity index (χ0n) is 11.1. The Kier molecular flexibility index (Phi) is 4.47. The van der Waals surface area contributed by atoms with Crippen molar-refractivity contribution < 1.29 is 27.5 Å². The van der Waals surface area contributed by atoms with Crippen LogP contribution in [0.1, 0.15) is 40.0 Å². The quantitative estimate of drug-likeness (QED) is 0.804. The fourth-order valence-corrected chi connectivity index (χ4v) is 1.98. The maximum absolute atomic E-state index is 12.6. The molecular weight excluding hydrogens is 263 g/mol. The molecule has 19 heavy (non-hydrogen) atoms. The summed E-state index contributed by atoms with van der Waals surface area (Å²) in [6.45, 7) is 4.95. The number of hydrogen-bond donors (Lipinski definition) is 1. The highest BCUT2D eigenvalue weighted by atomic mass is 19.4. The van der Waals surface area contributed by atoms with Crippen molar-refractivity contribution in [3.05, 3.63) is 0 Å². The zero-order valence-corrected chi connectivity index (χ0v) is 11.1. The van der Waals surface area contributed by atoms with Crippen LogP contribution in [0.5, 0.6) is 0 Å². The van der Waals surface area contributed by atoms with Gasteiger partial charge in [0.05, 0.1) is 5.92 Å². The molecule has 1 aliphatic rings. The molecule has 1 rings (SSSR count). The first-order valence-corrected chi connectivity index (χ1v) is 6.05. The Morgan fingerprint density at radius 2 is 1.84 bits per heavy atom. The van der Waals surface area contributed by atoms with Crippen molar-refractivity contribution >= 4 is 11.9 Å². The van der Waals surface area contributed by atoms with E-state index < -0.39 is 42.0 Å². The summed E-state index contributed by atoms with van der Waals surface area (Å²) in [7, 11) is 0. The smallest absolute Gasteiger partial charge is 0.407 e. The van der Waals surface area contributed by atoms with Gasteiger partial charge in [-0.25, -0.2) is 4.79 Å². The molecule has 2 unspecified atom stereocenters. The highest BCUT2D eigenvalue weighted by Crippen LogP contribution is 2.36. The van der Waals surface area contributed by atoms with Gasteiger partial charge >= 0.3 is 12.3 Å². The number of alkyl carbamates (subject to hydrolysis) is 1. The maximum atomic E-state index is 12.6. The van der Waals surface area contributed by atoms with E-state index in [1.165, 1.54) is 0 Å². The van der Waals surface area contributed by atoms with Gasteiger partial charge in [0.15, 0.2) is 0 Å². The van der Waals surface area contributed by atoms with E-state index in [1.807, 2.05) is 0 Å². The topological polar surface area (TPSA) is 55.4 Å². The summed E-state index contributed by atoms with van der Waals surface area (Å²) < 4.78 is 42.8. The number of carbonyl (C=O) groups excluding carboxylic acids is 2. The fourth-order valence-electron chi connectivity index (χ4n) is 1.98. The molecule has 1 N–H and O–H groups in total. The normalized spacial score (nSPS) is 25.1. The number of Topliss-reactive ketones (excluding diaryl/α,β-unsaturated/α-hetero) is 1. The lowest BCUT2D eigenvalue weighted by atomic mass is 9.84. The molecule has 110 valence electrons. The minimum Gasteiger partial charge on any atom is -0.444 e. The Balaban J connectivity index is 2.59. The summed E-state index contributed by atoms with van der Waals surface area (Å²) in [6.07, 6.45) is -6.08. The van der Waals surface area contributed by atoms with Crippen LogP contribution in [0.2, 0.25) is 0 Å². The Morgan fingerprint density at radius 3 is 2.32 bits per heavy atom. The second kappa shape index (κ2) is 5.38. The first-order valence-electron chi connectivity index (χ1n) is 6.05. The van der Waals surface area contributed by atoms with E-state index in [0.717, 1.165) is 0 Å². The number of ether oxygens (including phenoxy) is 1. The van der Waals surface area contributed by atoms with Gasteiger partial charge in [-0.15, -0.1) is 0 Å². The van der Waals surface area contributed by atoms with Crippen molar-refractivity contribution in [2.45, 2.75) is 57.9 Å². The number of nitrogens with one attached hydrogen (secondary N) is 1. The van der Waals surface area contributed by atoms with Gasteiger partial charge in [-0.1, -0.05) is 0 Å². The molecule has 1 amide bonds. The second-order valence-corrected chi connectivity index (χ2v) is 5.76. The third-order valence-corrected chi connectivity index (χ3v) is 2.70. The van der Waals surface area contributed by atoms with Crippen LogP contribution in [0.15, 0.2) is 0 Å². The summed E-state index contributed by atoms with van der Waals surface area (Å²) in [5, 5.41) is 2.33. The predicted octanol–water partition coefficient (Wildman–Crippen LogP) is 2.81. The van der Waals surface area contributed by atoms with E-state index in [0.29, 0.717) is 0 Å². The van der Waals surface area contributed by atoms with E-state index in [1.54, 1.807) is 20.8 Å². The number of hydrogen-bond acceptors (Lipinski definition) is 3. The van der Waals surface area contributed by atoms with Crippen LogP contribution in [0, 0.1) is 5.92 Å². The van der Waals surface area contributed by atoms with Crippen molar-refractivity contribution in [1.29, 1.82) is 0 Å². The van der Waals surface area contributed by atoms with Crippen molar-refractivity contribution in [2.75, 3.05) is 0 Å². The summed E-state index contributed by atoms with van der Waals surface area (Å²) >= 11 is 0. The first kappa shape index (κ1) is 15.8. The Morgan fingerprint density at radius 1 is 1.26 bits per heavy atom. The van der Waals surface area contributed by atoms with Gasteiger partial charge in [0.2, 0.25) is 0 Å². The number of halogens is 3. The lowest BCUT2D eigenvalue weighted by molar-refractivity contribution is -0.185. The number of amides is 1. The van der Waals surface area contributed by atoms with Gasteiger partial charge in [0.1, 0.15) is 11.4 Å². The lowest BCUT2D eigenvalue weighted by Gasteiger charge is -2.30. The monoisotopic (exact) mass is 281 g/mol. The molecule has 2 atom stereocenters. The van der Waals surface area contributed by atoms with Gasteiger partial charge in [-0.2, -0.15) is 13.2 Å². The molecule has 4 nitrogen and oxygen atoms in total. The van der Waals surface area contributed by atoms with Gasteiger partial charge in [-0.3, -0.25) is 4.79 Å². The van der Waals surface area contributed by atoms with Crippen LogP contribution in [0.4, 0.5) is 18.0 Å². The molecule has 0 spiro atoms. The molecule has 0 saturated heterocycles. The van der Waals surface area contributed by atoms with Crippen molar-refractivity contribution in [2.24, 2.45) is 5.92 Å². The average Bonchev–Trinajstić information content (AvgIpc) is 2.11. The van der Waals surface area contributed by atoms with Crippen LogP contribution >= 0.6 is 0 Å². The lowest BCUT2D eigenvalue weighted by Crippen LogP contribution is -2.45. The second-order valence-electron chi connectivity index (χ2n) is 5.76. The molecule has 0 aromatic rings. The number of ketones is 1.